The van der Waals surface area contributed by atoms with Crippen molar-refractivity contribution in [3.8, 4) is 11.4 Å². The summed E-state index contributed by atoms with van der Waals surface area (Å²) in [6.07, 6.45) is 1.03. The van der Waals surface area contributed by atoms with Gasteiger partial charge in [0.25, 0.3) is 0 Å². The number of rotatable bonds is 4. The minimum Gasteiger partial charge on any atom is -0.310 e. The standard InChI is InChI=1S/C13H15BrClN3/c1-3-6-18-12(8-15)16-17-13(18)10-4-5-11(14)9(2)7-10/h4-5,7H,3,6,8H2,1-2H3. The van der Waals surface area contributed by atoms with Gasteiger partial charge in [0, 0.05) is 16.6 Å². The molecule has 1 heterocycles. The third kappa shape index (κ3) is 2.59. The van der Waals surface area contributed by atoms with E-state index in [9.17, 15) is 0 Å². The van der Waals surface area contributed by atoms with Gasteiger partial charge in [-0.25, -0.2) is 0 Å². The molecule has 0 aliphatic rings. The zero-order valence-electron chi connectivity index (χ0n) is 10.5. The Labute approximate surface area is 120 Å². The molecule has 0 atom stereocenters. The molecular weight excluding hydrogens is 314 g/mol. The summed E-state index contributed by atoms with van der Waals surface area (Å²) in [6, 6.07) is 6.19. The summed E-state index contributed by atoms with van der Waals surface area (Å²) in [5.74, 6) is 2.11. The molecule has 0 fully saturated rings. The van der Waals surface area contributed by atoms with Gasteiger partial charge >= 0.3 is 0 Å². The van der Waals surface area contributed by atoms with Crippen LogP contribution in [0.1, 0.15) is 24.7 Å². The minimum absolute atomic E-state index is 0.391. The molecule has 96 valence electrons. The van der Waals surface area contributed by atoms with E-state index in [1.807, 2.05) is 12.1 Å². The first-order valence-electron chi connectivity index (χ1n) is 5.92. The van der Waals surface area contributed by atoms with Crippen molar-refractivity contribution in [1.82, 2.24) is 14.8 Å². The predicted octanol–water partition coefficient (Wildman–Crippen LogP) is 4.16. The van der Waals surface area contributed by atoms with Gasteiger partial charge in [0.2, 0.25) is 0 Å². The molecule has 0 N–H and O–H groups in total. The van der Waals surface area contributed by atoms with Crippen molar-refractivity contribution < 1.29 is 0 Å². The smallest absolute Gasteiger partial charge is 0.164 e. The summed E-state index contributed by atoms with van der Waals surface area (Å²) in [4.78, 5) is 0. The van der Waals surface area contributed by atoms with Gasteiger partial charge in [-0.1, -0.05) is 28.9 Å². The SMILES string of the molecule is CCCn1c(CCl)nnc1-c1ccc(Br)c(C)c1. The van der Waals surface area contributed by atoms with Gasteiger partial charge in [0.15, 0.2) is 5.82 Å². The van der Waals surface area contributed by atoms with Crippen molar-refractivity contribution >= 4 is 27.5 Å². The van der Waals surface area contributed by atoms with Crippen LogP contribution in [0.5, 0.6) is 0 Å². The monoisotopic (exact) mass is 327 g/mol. The molecule has 2 aromatic rings. The number of benzene rings is 1. The molecule has 0 aliphatic heterocycles. The van der Waals surface area contributed by atoms with Crippen LogP contribution in [-0.4, -0.2) is 14.8 Å². The van der Waals surface area contributed by atoms with E-state index in [4.69, 9.17) is 11.6 Å². The summed E-state index contributed by atoms with van der Waals surface area (Å²) >= 11 is 9.40. The van der Waals surface area contributed by atoms with E-state index < -0.39 is 0 Å². The van der Waals surface area contributed by atoms with Crippen LogP contribution >= 0.6 is 27.5 Å². The molecule has 0 amide bonds. The average molecular weight is 329 g/mol. The van der Waals surface area contributed by atoms with E-state index in [1.165, 1.54) is 5.56 Å². The molecule has 0 unspecified atom stereocenters. The third-order valence-electron chi connectivity index (χ3n) is 2.81. The van der Waals surface area contributed by atoms with Gasteiger partial charge in [-0.3, -0.25) is 0 Å². The maximum atomic E-state index is 5.89. The van der Waals surface area contributed by atoms with Crippen LogP contribution in [0.2, 0.25) is 0 Å². The van der Waals surface area contributed by atoms with Crippen molar-refractivity contribution in [1.29, 1.82) is 0 Å². The molecule has 0 saturated carbocycles. The summed E-state index contributed by atoms with van der Waals surface area (Å²) in [6.45, 7) is 5.09. The zero-order valence-corrected chi connectivity index (χ0v) is 12.8. The molecule has 18 heavy (non-hydrogen) atoms. The Kier molecular flexibility index (Phi) is 4.40. The lowest BCUT2D eigenvalue weighted by Crippen LogP contribution is -2.04. The van der Waals surface area contributed by atoms with Crippen LogP contribution in [0, 0.1) is 6.92 Å². The topological polar surface area (TPSA) is 30.7 Å². The number of nitrogens with zero attached hydrogens (tertiary/aromatic N) is 3. The molecule has 2 rings (SSSR count). The molecule has 0 radical (unpaired) electrons. The largest absolute Gasteiger partial charge is 0.310 e. The Bertz CT molecular complexity index is 551. The van der Waals surface area contributed by atoms with Crippen LogP contribution in [-0.2, 0) is 12.4 Å². The van der Waals surface area contributed by atoms with E-state index in [1.54, 1.807) is 0 Å². The first-order valence-corrected chi connectivity index (χ1v) is 7.24. The van der Waals surface area contributed by atoms with E-state index in [0.717, 1.165) is 34.7 Å². The second kappa shape index (κ2) is 5.85. The summed E-state index contributed by atoms with van der Waals surface area (Å²) in [5.41, 5.74) is 2.26. The first kappa shape index (κ1) is 13.6. The van der Waals surface area contributed by atoms with Gasteiger partial charge in [0.1, 0.15) is 5.82 Å². The maximum Gasteiger partial charge on any atom is 0.164 e. The second-order valence-electron chi connectivity index (χ2n) is 4.19. The number of aryl methyl sites for hydroxylation is 1. The van der Waals surface area contributed by atoms with Gasteiger partial charge in [0.05, 0.1) is 5.88 Å². The van der Waals surface area contributed by atoms with Crippen molar-refractivity contribution in [2.24, 2.45) is 0 Å². The predicted molar refractivity (Wildman–Crippen MR) is 77.7 cm³/mol. The lowest BCUT2D eigenvalue weighted by molar-refractivity contribution is 0.659. The summed E-state index contributed by atoms with van der Waals surface area (Å²) in [5, 5.41) is 8.41. The number of aromatic nitrogens is 3. The van der Waals surface area contributed by atoms with Crippen LogP contribution in [0.3, 0.4) is 0 Å². The Hall–Kier alpha value is -0.870. The minimum atomic E-state index is 0.391. The first-order chi connectivity index (χ1) is 8.67. The average Bonchev–Trinajstić information content (AvgIpc) is 2.76. The lowest BCUT2D eigenvalue weighted by Gasteiger charge is -2.08. The van der Waals surface area contributed by atoms with Crippen molar-refractivity contribution in [3.63, 3.8) is 0 Å². The number of halogens is 2. The fourth-order valence-corrected chi connectivity index (χ4v) is 2.33. The molecule has 3 nitrogen and oxygen atoms in total. The number of alkyl halides is 1. The maximum absolute atomic E-state index is 5.89. The molecule has 0 bridgehead atoms. The summed E-state index contributed by atoms with van der Waals surface area (Å²) in [7, 11) is 0. The molecule has 0 saturated heterocycles. The van der Waals surface area contributed by atoms with E-state index in [-0.39, 0.29) is 0 Å². The fraction of sp³-hybridized carbons (Fsp3) is 0.385. The second-order valence-corrected chi connectivity index (χ2v) is 5.31. The third-order valence-corrected chi connectivity index (χ3v) is 3.94. The molecule has 0 aliphatic carbocycles. The van der Waals surface area contributed by atoms with Gasteiger partial charge in [-0.2, -0.15) is 0 Å². The molecular formula is C13H15BrClN3. The van der Waals surface area contributed by atoms with Gasteiger partial charge in [-0.05, 0) is 31.0 Å². The zero-order chi connectivity index (χ0) is 13.1. The highest BCUT2D eigenvalue weighted by atomic mass is 79.9. The van der Waals surface area contributed by atoms with E-state index in [2.05, 4.69) is 50.6 Å². The molecule has 5 heteroatoms. The van der Waals surface area contributed by atoms with E-state index >= 15 is 0 Å². The lowest BCUT2D eigenvalue weighted by atomic mass is 10.1. The molecule has 1 aromatic carbocycles. The van der Waals surface area contributed by atoms with Crippen molar-refractivity contribution in [2.45, 2.75) is 32.7 Å². The highest BCUT2D eigenvalue weighted by molar-refractivity contribution is 9.10. The highest BCUT2D eigenvalue weighted by Gasteiger charge is 2.12. The molecule has 0 spiro atoms. The van der Waals surface area contributed by atoms with Crippen LogP contribution in [0.15, 0.2) is 22.7 Å². The van der Waals surface area contributed by atoms with Crippen molar-refractivity contribution in [3.05, 3.63) is 34.1 Å². The normalized spacial score (nSPS) is 10.9. The Morgan fingerprint density at radius 1 is 1.33 bits per heavy atom. The highest BCUT2D eigenvalue weighted by Crippen LogP contribution is 2.25. The van der Waals surface area contributed by atoms with Gasteiger partial charge in [-0.15, -0.1) is 21.8 Å². The van der Waals surface area contributed by atoms with E-state index in [0.29, 0.717) is 5.88 Å². The fourth-order valence-electron chi connectivity index (χ4n) is 1.89. The van der Waals surface area contributed by atoms with Crippen LogP contribution in [0.4, 0.5) is 0 Å². The molecule has 1 aromatic heterocycles. The number of hydrogen-bond acceptors (Lipinski definition) is 2. The Balaban J connectivity index is 2.49. The Morgan fingerprint density at radius 3 is 2.72 bits per heavy atom. The quantitative estimate of drug-likeness (QED) is 0.789. The van der Waals surface area contributed by atoms with Crippen LogP contribution in [0.25, 0.3) is 11.4 Å². The van der Waals surface area contributed by atoms with Crippen molar-refractivity contribution in [2.75, 3.05) is 0 Å². The Morgan fingerprint density at radius 2 is 2.11 bits per heavy atom. The van der Waals surface area contributed by atoms with Gasteiger partial charge < -0.3 is 4.57 Å². The number of hydrogen-bond donors (Lipinski definition) is 0. The summed E-state index contributed by atoms with van der Waals surface area (Å²) < 4.78 is 3.20. The van der Waals surface area contributed by atoms with Crippen LogP contribution < -0.4 is 0 Å².